The van der Waals surface area contributed by atoms with Crippen molar-refractivity contribution >= 4 is 23.3 Å². The van der Waals surface area contributed by atoms with Crippen LogP contribution in [0, 0.1) is 0 Å². The van der Waals surface area contributed by atoms with Gasteiger partial charge >= 0.3 is 0 Å². The molecule has 34 heavy (non-hydrogen) atoms. The van der Waals surface area contributed by atoms with Crippen LogP contribution in [-0.2, 0) is 4.79 Å². The Bertz CT molecular complexity index is 1450. The highest BCUT2D eigenvalue weighted by Crippen LogP contribution is 2.36. The normalized spacial score (nSPS) is 15.6. The van der Waals surface area contributed by atoms with E-state index in [1.165, 1.54) is 11.3 Å². The summed E-state index contributed by atoms with van der Waals surface area (Å²) in [7, 11) is 1.57. The Balaban J connectivity index is 2.02. The first kappa shape index (κ1) is 23.5. The molecule has 0 fully saturated rings. The number of amides is 1. The molecule has 1 N–H and O–H groups in total. The molecular formula is C26H27N3O4S. The predicted octanol–water partition coefficient (Wildman–Crippen LogP) is 2.82. The lowest BCUT2D eigenvalue weighted by Gasteiger charge is -2.29. The minimum Gasteiger partial charge on any atom is -0.507 e. The fraction of sp³-hybridized carbons (Fsp3) is 0.269. The topological polar surface area (TPSA) is 84.1 Å². The van der Waals surface area contributed by atoms with Crippen LogP contribution in [0.4, 0.5) is 0 Å². The molecule has 0 saturated carbocycles. The van der Waals surface area contributed by atoms with Gasteiger partial charge in [-0.25, -0.2) is 4.99 Å². The fourth-order valence-corrected chi connectivity index (χ4v) is 5.25. The van der Waals surface area contributed by atoms with Gasteiger partial charge in [0.1, 0.15) is 17.5 Å². The van der Waals surface area contributed by atoms with Gasteiger partial charge in [-0.2, -0.15) is 0 Å². The second-order valence-corrected chi connectivity index (χ2v) is 8.87. The minimum absolute atomic E-state index is 0.0863. The number of rotatable bonds is 6. The van der Waals surface area contributed by atoms with Gasteiger partial charge in [0.15, 0.2) is 4.80 Å². The summed E-state index contributed by atoms with van der Waals surface area (Å²) in [4.78, 5) is 34.2. The molecule has 0 unspecified atom stereocenters. The summed E-state index contributed by atoms with van der Waals surface area (Å²) in [6.45, 7) is 6.75. The molecule has 3 aromatic rings. The quantitative estimate of drug-likeness (QED) is 0.592. The van der Waals surface area contributed by atoms with Gasteiger partial charge in [-0.15, -0.1) is 0 Å². The highest BCUT2D eigenvalue weighted by atomic mass is 32.1. The summed E-state index contributed by atoms with van der Waals surface area (Å²) < 4.78 is 7.61. The highest BCUT2D eigenvalue weighted by molar-refractivity contribution is 7.07. The van der Waals surface area contributed by atoms with Crippen molar-refractivity contribution in [1.82, 2.24) is 9.47 Å². The van der Waals surface area contributed by atoms with Crippen molar-refractivity contribution in [2.75, 3.05) is 20.2 Å². The number of methoxy groups -OCH3 is 1. The van der Waals surface area contributed by atoms with E-state index in [-0.39, 0.29) is 17.2 Å². The molecule has 8 heteroatoms. The number of aromatic hydroxyl groups is 1. The highest BCUT2D eigenvalue weighted by Gasteiger charge is 2.35. The molecule has 2 heterocycles. The molecule has 0 aliphatic carbocycles. The number of para-hydroxylation sites is 2. The number of thiazole rings is 1. The maximum absolute atomic E-state index is 13.7. The average Bonchev–Trinajstić information content (AvgIpc) is 3.14. The summed E-state index contributed by atoms with van der Waals surface area (Å²) in [6, 6.07) is 13.6. The van der Waals surface area contributed by atoms with Gasteiger partial charge in [0.05, 0.1) is 22.9 Å². The van der Waals surface area contributed by atoms with Gasteiger partial charge in [-0.3, -0.25) is 14.2 Å². The first-order chi connectivity index (χ1) is 16.4. The van der Waals surface area contributed by atoms with Crippen LogP contribution in [0.25, 0.3) is 6.08 Å². The van der Waals surface area contributed by atoms with Gasteiger partial charge in [0.2, 0.25) is 0 Å². The van der Waals surface area contributed by atoms with Gasteiger partial charge in [-0.1, -0.05) is 47.7 Å². The van der Waals surface area contributed by atoms with E-state index >= 15 is 0 Å². The number of ether oxygens (including phenoxy) is 1. The number of carbonyl (C=O) groups is 1. The first-order valence-corrected chi connectivity index (χ1v) is 12.0. The van der Waals surface area contributed by atoms with E-state index in [4.69, 9.17) is 4.74 Å². The van der Waals surface area contributed by atoms with Crippen molar-refractivity contribution in [2.45, 2.75) is 26.8 Å². The number of phenolic OH excluding ortho intramolecular Hbond substituents is 1. The zero-order valence-electron chi connectivity index (χ0n) is 19.6. The van der Waals surface area contributed by atoms with Crippen LogP contribution in [0.3, 0.4) is 0 Å². The van der Waals surface area contributed by atoms with Gasteiger partial charge in [0, 0.05) is 24.2 Å². The second kappa shape index (κ2) is 9.69. The number of allylic oxidation sites excluding steroid dienone is 1. The van der Waals surface area contributed by atoms with E-state index in [2.05, 4.69) is 4.99 Å². The van der Waals surface area contributed by atoms with Crippen LogP contribution in [0.2, 0.25) is 0 Å². The number of nitrogens with zero attached hydrogens (tertiary/aromatic N) is 3. The van der Waals surface area contributed by atoms with Gasteiger partial charge in [0.25, 0.3) is 11.5 Å². The van der Waals surface area contributed by atoms with Crippen molar-refractivity contribution in [3.63, 3.8) is 0 Å². The third-order valence-corrected chi connectivity index (χ3v) is 6.94. The van der Waals surface area contributed by atoms with Gasteiger partial charge in [-0.05, 0) is 39.0 Å². The Morgan fingerprint density at radius 3 is 2.53 bits per heavy atom. The Hall–Kier alpha value is -3.65. The fourth-order valence-electron chi connectivity index (χ4n) is 4.21. The van der Waals surface area contributed by atoms with E-state index in [1.807, 2.05) is 38.1 Å². The third kappa shape index (κ3) is 4.05. The van der Waals surface area contributed by atoms with Crippen LogP contribution in [0.15, 0.2) is 69.6 Å². The van der Waals surface area contributed by atoms with Crippen molar-refractivity contribution in [2.24, 2.45) is 4.99 Å². The number of carbonyl (C=O) groups excluding carboxylic acids is 1. The maximum atomic E-state index is 13.7. The monoisotopic (exact) mass is 477 g/mol. The van der Waals surface area contributed by atoms with Crippen molar-refractivity contribution in [3.8, 4) is 11.5 Å². The summed E-state index contributed by atoms with van der Waals surface area (Å²) in [6.07, 6.45) is 1.66. The number of aromatic nitrogens is 1. The van der Waals surface area contributed by atoms with E-state index in [1.54, 1.807) is 53.8 Å². The number of hydrogen-bond acceptors (Lipinski definition) is 6. The molecule has 1 aliphatic rings. The maximum Gasteiger partial charge on any atom is 0.271 e. The molecule has 4 rings (SSSR count). The third-order valence-electron chi connectivity index (χ3n) is 5.96. The van der Waals surface area contributed by atoms with Crippen molar-refractivity contribution < 1.29 is 14.6 Å². The molecule has 0 radical (unpaired) electrons. The Kier molecular flexibility index (Phi) is 6.70. The number of fused-ring (bicyclic) bond motifs is 1. The SMILES string of the molecule is CCN(CC)C(=O)C1=C(C)N=c2s/c(=C/c3ccccc3O)c(=O)n2[C@@H]1c1ccccc1OC. The minimum atomic E-state index is -0.688. The lowest BCUT2D eigenvalue weighted by atomic mass is 9.94. The Labute approximate surface area is 201 Å². The zero-order valence-corrected chi connectivity index (χ0v) is 20.4. The molecule has 2 aromatic carbocycles. The van der Waals surface area contributed by atoms with Crippen LogP contribution >= 0.6 is 11.3 Å². The van der Waals surface area contributed by atoms with E-state index in [9.17, 15) is 14.7 Å². The number of likely N-dealkylation sites (N-methyl/N-ethyl adjacent to an activating group) is 1. The second-order valence-electron chi connectivity index (χ2n) is 7.86. The molecule has 0 bridgehead atoms. The van der Waals surface area contributed by atoms with Crippen LogP contribution < -0.4 is 19.6 Å². The molecule has 1 aliphatic heterocycles. The zero-order chi connectivity index (χ0) is 24.4. The molecule has 7 nitrogen and oxygen atoms in total. The number of benzene rings is 2. The molecule has 1 aromatic heterocycles. The summed E-state index contributed by atoms with van der Waals surface area (Å²) in [5.41, 5.74) is 2.00. The largest absolute Gasteiger partial charge is 0.507 e. The lowest BCUT2D eigenvalue weighted by Crippen LogP contribution is -2.43. The average molecular weight is 478 g/mol. The van der Waals surface area contributed by atoms with Crippen LogP contribution in [0.1, 0.15) is 37.9 Å². The molecule has 0 saturated heterocycles. The summed E-state index contributed by atoms with van der Waals surface area (Å²) >= 11 is 1.23. The Morgan fingerprint density at radius 1 is 1.18 bits per heavy atom. The first-order valence-electron chi connectivity index (χ1n) is 11.1. The van der Waals surface area contributed by atoms with E-state index in [0.717, 1.165) is 0 Å². The van der Waals surface area contributed by atoms with Gasteiger partial charge < -0.3 is 14.7 Å². The Morgan fingerprint density at radius 2 is 1.85 bits per heavy atom. The van der Waals surface area contributed by atoms with Crippen LogP contribution in [-0.4, -0.2) is 40.7 Å². The molecule has 1 amide bonds. The summed E-state index contributed by atoms with van der Waals surface area (Å²) in [5.74, 6) is 0.516. The lowest BCUT2D eigenvalue weighted by molar-refractivity contribution is -0.127. The molecule has 0 spiro atoms. The number of phenols is 1. The predicted molar refractivity (Wildman–Crippen MR) is 133 cm³/mol. The molecular weight excluding hydrogens is 450 g/mol. The summed E-state index contributed by atoms with van der Waals surface area (Å²) in [5, 5.41) is 10.2. The molecule has 176 valence electrons. The van der Waals surface area contributed by atoms with Crippen LogP contribution in [0.5, 0.6) is 11.5 Å². The molecule has 1 atom stereocenters. The van der Waals surface area contributed by atoms with Crippen molar-refractivity contribution in [1.29, 1.82) is 0 Å². The smallest absolute Gasteiger partial charge is 0.271 e. The number of hydrogen-bond donors (Lipinski definition) is 1. The standard InChI is InChI=1S/C26H27N3O4S/c1-5-28(6-2)25(32)22-16(3)27-26-29(23(22)18-12-8-10-14-20(18)33-4)24(31)21(34-26)15-17-11-7-9-13-19(17)30/h7-15,23,30H,5-6H2,1-4H3/b21-15+/t23-/m1/s1. The van der Waals surface area contributed by atoms with E-state index < -0.39 is 6.04 Å². The van der Waals surface area contributed by atoms with Crippen molar-refractivity contribution in [3.05, 3.63) is 90.6 Å². The van der Waals surface area contributed by atoms with E-state index in [0.29, 0.717) is 50.6 Å².